The number of amides is 1. The van der Waals surface area contributed by atoms with Crippen LogP contribution in [0.3, 0.4) is 0 Å². The summed E-state index contributed by atoms with van der Waals surface area (Å²) < 4.78 is 23.0. The fourth-order valence-corrected chi connectivity index (χ4v) is 3.29. The number of nitrogens with one attached hydrogen (secondary N) is 1. The summed E-state index contributed by atoms with van der Waals surface area (Å²) in [4.78, 5) is 25.0. The fourth-order valence-electron chi connectivity index (χ4n) is 2.48. The van der Waals surface area contributed by atoms with Crippen molar-refractivity contribution >= 4 is 23.2 Å². The van der Waals surface area contributed by atoms with Crippen LogP contribution in [0.1, 0.15) is 16.5 Å². The number of carbonyl (C=O) groups excluding carboxylic acids is 2. The van der Waals surface area contributed by atoms with E-state index in [1.165, 1.54) is 35.6 Å². The Morgan fingerprint density at radius 1 is 0.964 bits per heavy atom. The Balaban J connectivity index is 1.50. The molecule has 3 aromatic rings. The Labute approximate surface area is 165 Å². The van der Waals surface area contributed by atoms with Crippen LogP contribution in [-0.2, 0) is 14.3 Å². The summed E-state index contributed by atoms with van der Waals surface area (Å²) in [6, 6.07) is 18.3. The molecular weight excluding hydrogens is 381 g/mol. The van der Waals surface area contributed by atoms with Crippen LogP contribution in [0.4, 0.5) is 4.39 Å². The Bertz CT molecular complexity index is 898. The maximum atomic E-state index is 12.8. The van der Waals surface area contributed by atoms with Gasteiger partial charge in [0.05, 0.1) is 6.04 Å². The Hall–Kier alpha value is -3.19. The number of rotatable bonds is 8. The zero-order chi connectivity index (χ0) is 19.8. The third-order valence-electron chi connectivity index (χ3n) is 3.80. The normalized spacial score (nSPS) is 11.5. The van der Waals surface area contributed by atoms with Crippen molar-refractivity contribution in [3.8, 4) is 5.75 Å². The molecule has 0 bridgehead atoms. The van der Waals surface area contributed by atoms with E-state index < -0.39 is 24.3 Å². The summed E-state index contributed by atoms with van der Waals surface area (Å²) in [5.41, 5.74) is 0.935. The molecule has 0 fully saturated rings. The number of hydrogen-bond donors (Lipinski definition) is 1. The molecule has 7 heteroatoms. The molecular formula is C21H18FNO4S. The number of benzene rings is 2. The molecule has 5 nitrogen and oxygen atoms in total. The quantitative estimate of drug-likeness (QED) is 0.587. The van der Waals surface area contributed by atoms with E-state index in [0.717, 1.165) is 10.4 Å². The van der Waals surface area contributed by atoms with Gasteiger partial charge in [-0.25, -0.2) is 9.18 Å². The van der Waals surface area contributed by atoms with Crippen LogP contribution in [0.25, 0.3) is 0 Å². The molecule has 1 heterocycles. The summed E-state index contributed by atoms with van der Waals surface area (Å²) in [5.74, 6) is -1.17. The van der Waals surface area contributed by atoms with Gasteiger partial charge in [0.15, 0.2) is 13.2 Å². The highest BCUT2D eigenvalue weighted by molar-refractivity contribution is 7.10. The van der Waals surface area contributed by atoms with Crippen molar-refractivity contribution in [3.05, 3.63) is 88.4 Å². The van der Waals surface area contributed by atoms with Crippen LogP contribution in [0.15, 0.2) is 72.1 Å². The third kappa shape index (κ3) is 5.65. The van der Waals surface area contributed by atoms with Crippen molar-refractivity contribution in [2.24, 2.45) is 0 Å². The third-order valence-corrected chi connectivity index (χ3v) is 4.74. The Morgan fingerprint density at radius 2 is 1.71 bits per heavy atom. The maximum Gasteiger partial charge on any atom is 0.344 e. The van der Waals surface area contributed by atoms with Gasteiger partial charge in [-0.3, -0.25) is 4.79 Å². The average molecular weight is 399 g/mol. The predicted octanol–water partition coefficient (Wildman–Crippen LogP) is 3.72. The van der Waals surface area contributed by atoms with Gasteiger partial charge in [0.2, 0.25) is 0 Å². The second-order valence-electron chi connectivity index (χ2n) is 5.83. The number of esters is 1. The number of thiophene rings is 1. The molecule has 144 valence electrons. The summed E-state index contributed by atoms with van der Waals surface area (Å²) >= 11 is 1.53. The minimum absolute atomic E-state index is 0.317. The predicted molar refractivity (Wildman–Crippen MR) is 104 cm³/mol. The molecule has 2 aromatic carbocycles. The van der Waals surface area contributed by atoms with Crippen molar-refractivity contribution in [2.75, 3.05) is 13.2 Å². The SMILES string of the molecule is O=C(COC(=O)COc1ccc(F)cc1)N[C@@H](c1ccccc1)c1cccs1. The molecule has 0 aliphatic carbocycles. The van der Waals surface area contributed by atoms with Gasteiger partial charge in [0.1, 0.15) is 11.6 Å². The highest BCUT2D eigenvalue weighted by atomic mass is 32.1. The molecule has 1 aromatic heterocycles. The standard InChI is InChI=1S/C21H18FNO4S/c22-16-8-10-17(11-9-16)26-14-20(25)27-13-19(24)23-21(18-7-4-12-28-18)15-5-2-1-3-6-15/h1-12,21H,13-14H2,(H,23,24)/t21-/m0/s1. The molecule has 0 unspecified atom stereocenters. The second kappa shape index (κ2) is 9.66. The van der Waals surface area contributed by atoms with Gasteiger partial charge in [0.25, 0.3) is 5.91 Å². The number of carbonyl (C=O) groups is 2. The maximum absolute atomic E-state index is 12.8. The lowest BCUT2D eigenvalue weighted by Gasteiger charge is -2.18. The molecule has 0 radical (unpaired) electrons. The van der Waals surface area contributed by atoms with Crippen LogP contribution in [0.5, 0.6) is 5.75 Å². The second-order valence-corrected chi connectivity index (χ2v) is 6.81. The monoisotopic (exact) mass is 399 g/mol. The van der Waals surface area contributed by atoms with Crippen LogP contribution >= 0.6 is 11.3 Å². The molecule has 28 heavy (non-hydrogen) atoms. The molecule has 0 aliphatic rings. The first-order chi connectivity index (χ1) is 13.6. The molecule has 0 spiro atoms. The van der Waals surface area contributed by atoms with Gasteiger partial charge in [-0.05, 0) is 41.3 Å². The van der Waals surface area contributed by atoms with Gasteiger partial charge in [0, 0.05) is 4.88 Å². The van der Waals surface area contributed by atoms with Gasteiger partial charge in [-0.1, -0.05) is 36.4 Å². The lowest BCUT2D eigenvalue weighted by molar-refractivity contribution is -0.150. The van der Waals surface area contributed by atoms with E-state index in [0.29, 0.717) is 5.75 Å². The van der Waals surface area contributed by atoms with Crippen LogP contribution in [-0.4, -0.2) is 25.1 Å². The molecule has 0 aliphatic heterocycles. The molecule has 0 saturated carbocycles. The first-order valence-corrected chi connectivity index (χ1v) is 9.41. The molecule has 3 rings (SSSR count). The van der Waals surface area contributed by atoms with Crippen molar-refractivity contribution in [3.63, 3.8) is 0 Å². The number of halogens is 1. The zero-order valence-electron chi connectivity index (χ0n) is 14.8. The molecule has 1 N–H and O–H groups in total. The van der Waals surface area contributed by atoms with E-state index in [2.05, 4.69) is 5.32 Å². The molecule has 0 saturated heterocycles. The summed E-state index contributed by atoms with van der Waals surface area (Å²) in [5, 5.41) is 4.82. The van der Waals surface area contributed by atoms with E-state index in [1.54, 1.807) is 0 Å². The van der Waals surface area contributed by atoms with E-state index in [-0.39, 0.29) is 12.6 Å². The molecule has 1 amide bonds. The highest BCUT2D eigenvalue weighted by Crippen LogP contribution is 2.25. The first-order valence-electron chi connectivity index (χ1n) is 8.53. The Morgan fingerprint density at radius 3 is 2.39 bits per heavy atom. The van der Waals surface area contributed by atoms with Crippen molar-refractivity contribution in [1.82, 2.24) is 5.32 Å². The van der Waals surface area contributed by atoms with E-state index in [1.807, 2.05) is 47.8 Å². The number of ether oxygens (including phenoxy) is 2. The zero-order valence-corrected chi connectivity index (χ0v) is 15.7. The van der Waals surface area contributed by atoms with Crippen molar-refractivity contribution in [1.29, 1.82) is 0 Å². The lowest BCUT2D eigenvalue weighted by Crippen LogP contribution is -2.33. The largest absolute Gasteiger partial charge is 0.482 e. The van der Waals surface area contributed by atoms with E-state index >= 15 is 0 Å². The minimum atomic E-state index is -0.688. The number of hydrogen-bond acceptors (Lipinski definition) is 5. The van der Waals surface area contributed by atoms with Crippen molar-refractivity contribution < 1.29 is 23.5 Å². The minimum Gasteiger partial charge on any atom is -0.482 e. The first kappa shape index (κ1) is 19.6. The highest BCUT2D eigenvalue weighted by Gasteiger charge is 2.18. The summed E-state index contributed by atoms with van der Waals surface area (Å²) in [7, 11) is 0. The van der Waals surface area contributed by atoms with Crippen LogP contribution in [0, 0.1) is 5.82 Å². The smallest absolute Gasteiger partial charge is 0.344 e. The fraction of sp³-hybridized carbons (Fsp3) is 0.143. The van der Waals surface area contributed by atoms with Gasteiger partial charge < -0.3 is 14.8 Å². The van der Waals surface area contributed by atoms with Crippen LogP contribution < -0.4 is 10.1 Å². The van der Waals surface area contributed by atoms with E-state index in [9.17, 15) is 14.0 Å². The topological polar surface area (TPSA) is 64.6 Å². The van der Waals surface area contributed by atoms with Gasteiger partial charge in [-0.15, -0.1) is 11.3 Å². The lowest BCUT2D eigenvalue weighted by atomic mass is 10.1. The van der Waals surface area contributed by atoms with Gasteiger partial charge >= 0.3 is 5.97 Å². The Kier molecular flexibility index (Phi) is 6.75. The van der Waals surface area contributed by atoms with Crippen molar-refractivity contribution in [2.45, 2.75) is 6.04 Å². The summed E-state index contributed by atoms with van der Waals surface area (Å²) in [6.07, 6.45) is 0. The van der Waals surface area contributed by atoms with E-state index in [4.69, 9.17) is 9.47 Å². The summed E-state index contributed by atoms with van der Waals surface area (Å²) in [6.45, 7) is -0.785. The van der Waals surface area contributed by atoms with Gasteiger partial charge in [-0.2, -0.15) is 0 Å². The average Bonchev–Trinajstić information content (AvgIpc) is 3.25. The molecule has 1 atom stereocenters. The van der Waals surface area contributed by atoms with Crippen LogP contribution in [0.2, 0.25) is 0 Å².